The van der Waals surface area contributed by atoms with E-state index in [-0.39, 0.29) is 11.8 Å². The monoisotopic (exact) mass is 247 g/mol. The Kier molecular flexibility index (Phi) is 3.77. The molecule has 18 heavy (non-hydrogen) atoms. The van der Waals surface area contributed by atoms with Gasteiger partial charge < -0.3 is 5.11 Å². The van der Waals surface area contributed by atoms with Gasteiger partial charge in [-0.2, -0.15) is 0 Å². The molecule has 0 bridgehead atoms. The Morgan fingerprint density at radius 1 is 1.22 bits per heavy atom. The summed E-state index contributed by atoms with van der Waals surface area (Å²) in [4.78, 5) is 24.6. The first kappa shape index (κ1) is 12.8. The third kappa shape index (κ3) is 2.59. The third-order valence-electron chi connectivity index (χ3n) is 3.48. The number of likely N-dealkylation sites (tertiary alicyclic amines) is 1. The number of nitrogens with zero attached hydrogens (tertiary/aromatic N) is 1. The topological polar surface area (TPSA) is 57.6 Å². The van der Waals surface area contributed by atoms with Gasteiger partial charge in [0.2, 0.25) is 0 Å². The van der Waals surface area contributed by atoms with Crippen LogP contribution in [0.1, 0.15) is 25.3 Å². The Morgan fingerprint density at radius 3 is 2.39 bits per heavy atom. The Balaban J connectivity index is 2.19. The number of hydrogen-bond donors (Lipinski definition) is 1. The Bertz CT molecular complexity index is 422. The first-order valence-electron chi connectivity index (χ1n) is 6.12. The van der Waals surface area contributed by atoms with Crippen molar-refractivity contribution in [2.45, 2.75) is 38.4 Å². The maximum atomic E-state index is 11.6. The van der Waals surface area contributed by atoms with Crippen LogP contribution in [0.2, 0.25) is 0 Å². The Labute approximate surface area is 106 Å². The Hall–Kier alpha value is -1.68. The van der Waals surface area contributed by atoms with Crippen molar-refractivity contribution in [3.63, 3.8) is 0 Å². The standard InChI is InChI=1S/C14H17NO3/c1-10(16)12-7-8-13(14(17)18)15(12)9-11-5-3-2-4-6-11/h2-6,12-13H,7-9H2,1H3,(H,17,18). The van der Waals surface area contributed by atoms with Crippen LogP contribution in [0.4, 0.5) is 0 Å². The van der Waals surface area contributed by atoms with E-state index in [2.05, 4.69) is 0 Å². The van der Waals surface area contributed by atoms with E-state index in [0.29, 0.717) is 19.4 Å². The van der Waals surface area contributed by atoms with E-state index in [0.717, 1.165) is 5.56 Å². The zero-order chi connectivity index (χ0) is 13.1. The molecule has 4 heteroatoms. The molecule has 2 rings (SSSR count). The van der Waals surface area contributed by atoms with E-state index in [1.165, 1.54) is 6.92 Å². The van der Waals surface area contributed by atoms with Gasteiger partial charge in [-0.3, -0.25) is 14.5 Å². The highest BCUT2D eigenvalue weighted by Crippen LogP contribution is 2.27. The molecule has 1 heterocycles. The van der Waals surface area contributed by atoms with Crippen LogP contribution in [0.3, 0.4) is 0 Å². The molecule has 1 aromatic rings. The van der Waals surface area contributed by atoms with Gasteiger partial charge in [-0.05, 0) is 25.3 Å². The number of ketones is 1. The predicted molar refractivity (Wildman–Crippen MR) is 67.1 cm³/mol. The highest BCUT2D eigenvalue weighted by atomic mass is 16.4. The quantitative estimate of drug-likeness (QED) is 0.879. The van der Waals surface area contributed by atoms with Gasteiger partial charge in [0.15, 0.2) is 0 Å². The van der Waals surface area contributed by atoms with Gasteiger partial charge in [-0.25, -0.2) is 0 Å². The summed E-state index contributed by atoms with van der Waals surface area (Å²) in [6.07, 6.45) is 1.19. The molecule has 2 unspecified atom stereocenters. The van der Waals surface area contributed by atoms with E-state index in [1.807, 2.05) is 30.3 Å². The minimum Gasteiger partial charge on any atom is -0.480 e. The minimum absolute atomic E-state index is 0.0506. The van der Waals surface area contributed by atoms with Crippen LogP contribution in [0.5, 0.6) is 0 Å². The molecule has 0 radical (unpaired) electrons. The maximum Gasteiger partial charge on any atom is 0.320 e. The number of rotatable bonds is 4. The molecule has 1 fully saturated rings. The molecule has 4 nitrogen and oxygen atoms in total. The van der Waals surface area contributed by atoms with E-state index in [1.54, 1.807) is 4.90 Å². The number of carboxylic acids is 1. The zero-order valence-electron chi connectivity index (χ0n) is 10.4. The molecule has 1 N–H and O–H groups in total. The summed E-state index contributed by atoms with van der Waals surface area (Å²) in [6.45, 7) is 2.05. The average molecular weight is 247 g/mol. The molecule has 1 saturated heterocycles. The van der Waals surface area contributed by atoms with Gasteiger partial charge in [0, 0.05) is 6.54 Å². The van der Waals surface area contributed by atoms with Gasteiger partial charge in [0.1, 0.15) is 11.8 Å². The second kappa shape index (κ2) is 5.31. The second-order valence-electron chi connectivity index (χ2n) is 4.72. The fourth-order valence-electron chi connectivity index (χ4n) is 2.58. The molecule has 0 amide bonds. The largest absolute Gasteiger partial charge is 0.480 e. The highest BCUT2D eigenvalue weighted by molar-refractivity contribution is 5.84. The first-order valence-corrected chi connectivity index (χ1v) is 6.12. The molecule has 1 aromatic carbocycles. The summed E-state index contributed by atoms with van der Waals surface area (Å²) >= 11 is 0. The highest BCUT2D eigenvalue weighted by Gasteiger charge is 2.39. The van der Waals surface area contributed by atoms with E-state index >= 15 is 0 Å². The number of carbonyl (C=O) groups is 2. The van der Waals surface area contributed by atoms with E-state index < -0.39 is 12.0 Å². The fraction of sp³-hybridized carbons (Fsp3) is 0.429. The maximum absolute atomic E-state index is 11.6. The lowest BCUT2D eigenvalue weighted by atomic mass is 10.1. The molecule has 1 aliphatic rings. The zero-order valence-corrected chi connectivity index (χ0v) is 10.4. The third-order valence-corrected chi connectivity index (χ3v) is 3.48. The lowest BCUT2D eigenvalue weighted by Crippen LogP contribution is -2.42. The van der Waals surface area contributed by atoms with Crippen LogP contribution in [-0.2, 0) is 16.1 Å². The number of aliphatic carboxylic acids is 1. The molecule has 0 spiro atoms. The van der Waals surface area contributed by atoms with Gasteiger partial charge in [0.25, 0.3) is 0 Å². The van der Waals surface area contributed by atoms with E-state index in [4.69, 9.17) is 0 Å². The smallest absolute Gasteiger partial charge is 0.320 e. The lowest BCUT2D eigenvalue weighted by molar-refractivity contribution is -0.143. The van der Waals surface area contributed by atoms with Gasteiger partial charge >= 0.3 is 5.97 Å². The van der Waals surface area contributed by atoms with Crippen molar-refractivity contribution >= 4 is 11.8 Å². The molecule has 0 aromatic heterocycles. The van der Waals surface area contributed by atoms with Crippen molar-refractivity contribution in [2.75, 3.05) is 0 Å². The summed E-state index contributed by atoms with van der Waals surface area (Å²) in [5.74, 6) is -0.788. The van der Waals surface area contributed by atoms with Crippen molar-refractivity contribution in [3.8, 4) is 0 Å². The van der Waals surface area contributed by atoms with Crippen LogP contribution in [0.15, 0.2) is 30.3 Å². The number of carboxylic acid groups (broad SMARTS) is 1. The van der Waals surface area contributed by atoms with Crippen molar-refractivity contribution in [3.05, 3.63) is 35.9 Å². The number of hydrogen-bond acceptors (Lipinski definition) is 3. The van der Waals surface area contributed by atoms with Crippen molar-refractivity contribution in [1.82, 2.24) is 4.90 Å². The molecule has 2 atom stereocenters. The van der Waals surface area contributed by atoms with Crippen LogP contribution < -0.4 is 0 Å². The van der Waals surface area contributed by atoms with Gasteiger partial charge in [-0.1, -0.05) is 30.3 Å². The SMILES string of the molecule is CC(=O)C1CCC(C(=O)O)N1Cc1ccccc1. The summed E-state index contributed by atoms with van der Waals surface area (Å²) < 4.78 is 0. The molecule has 1 aliphatic heterocycles. The Morgan fingerprint density at radius 2 is 1.83 bits per heavy atom. The van der Waals surface area contributed by atoms with Crippen LogP contribution in [-0.4, -0.2) is 33.8 Å². The van der Waals surface area contributed by atoms with Crippen LogP contribution in [0.25, 0.3) is 0 Å². The predicted octanol–water partition coefficient (Wildman–Crippen LogP) is 1.69. The molecular weight excluding hydrogens is 230 g/mol. The van der Waals surface area contributed by atoms with Crippen molar-refractivity contribution < 1.29 is 14.7 Å². The summed E-state index contributed by atoms with van der Waals surface area (Å²) in [5.41, 5.74) is 1.04. The normalized spacial score (nSPS) is 24.1. The fourth-order valence-corrected chi connectivity index (χ4v) is 2.58. The molecule has 96 valence electrons. The molecular formula is C14H17NO3. The number of carbonyl (C=O) groups excluding carboxylic acids is 1. The summed E-state index contributed by atoms with van der Waals surface area (Å²) in [5, 5.41) is 9.21. The van der Waals surface area contributed by atoms with Gasteiger partial charge in [0.05, 0.1) is 6.04 Å². The summed E-state index contributed by atoms with van der Waals surface area (Å²) in [7, 11) is 0. The second-order valence-corrected chi connectivity index (χ2v) is 4.72. The first-order chi connectivity index (χ1) is 8.59. The minimum atomic E-state index is -0.838. The van der Waals surface area contributed by atoms with Crippen LogP contribution >= 0.6 is 0 Å². The van der Waals surface area contributed by atoms with Crippen molar-refractivity contribution in [1.29, 1.82) is 0 Å². The van der Waals surface area contributed by atoms with Crippen LogP contribution in [0, 0.1) is 0 Å². The number of Topliss-reactive ketones (excluding diaryl/α,β-unsaturated/α-hetero) is 1. The molecule has 0 aliphatic carbocycles. The van der Waals surface area contributed by atoms with E-state index in [9.17, 15) is 14.7 Å². The number of benzene rings is 1. The van der Waals surface area contributed by atoms with Gasteiger partial charge in [-0.15, -0.1) is 0 Å². The summed E-state index contributed by atoms with van der Waals surface area (Å²) in [6, 6.07) is 8.87. The molecule has 0 saturated carbocycles. The lowest BCUT2D eigenvalue weighted by Gasteiger charge is -2.26. The average Bonchev–Trinajstić information content (AvgIpc) is 2.74. The van der Waals surface area contributed by atoms with Crippen molar-refractivity contribution in [2.24, 2.45) is 0 Å².